The summed E-state index contributed by atoms with van der Waals surface area (Å²) in [7, 11) is 0. The minimum Gasteiger partial charge on any atom is -0.325 e. The molecule has 0 spiro atoms. The quantitative estimate of drug-likeness (QED) is 0.351. The molecule has 0 aliphatic carbocycles. The van der Waals surface area contributed by atoms with E-state index >= 15 is 0 Å². The van der Waals surface area contributed by atoms with Gasteiger partial charge >= 0.3 is 0 Å². The molecule has 2 aromatic carbocycles. The molecule has 0 radical (unpaired) electrons. The van der Waals surface area contributed by atoms with Crippen LogP contribution in [0.25, 0.3) is 0 Å². The van der Waals surface area contributed by atoms with Gasteiger partial charge in [-0.05, 0) is 30.7 Å². The van der Waals surface area contributed by atoms with Crippen LogP contribution >= 0.6 is 11.6 Å². The van der Waals surface area contributed by atoms with Crippen molar-refractivity contribution in [2.24, 2.45) is 10.8 Å². The summed E-state index contributed by atoms with van der Waals surface area (Å²) in [4.78, 5) is 4.51. The highest BCUT2D eigenvalue weighted by Crippen LogP contribution is 2.24. The predicted molar refractivity (Wildman–Crippen MR) is 84.7 cm³/mol. The van der Waals surface area contributed by atoms with Crippen molar-refractivity contribution in [1.29, 1.82) is 0 Å². The fraction of sp³-hybridized carbons (Fsp3) is 0.133. The molecule has 5 heteroatoms. The molecule has 0 bridgehead atoms. The second kappa shape index (κ2) is 6.93. The Hall–Kier alpha value is -2.04. The van der Waals surface area contributed by atoms with E-state index in [1.807, 2.05) is 61.5 Å². The fourth-order valence-electron chi connectivity index (χ4n) is 1.84. The first-order chi connectivity index (χ1) is 9.70. The highest BCUT2D eigenvalue weighted by atomic mass is 35.5. The number of nitrogens with zero attached hydrogens (tertiary/aromatic N) is 1. The standard InChI is InChI=1S/C15H17ClN4/c1-11(13-9-5-6-10-14(13)16)18-15(20-17)19-12-7-3-2-4-8-12/h2-11H,17H2,1H3,(H2,18,19,20). The minimum absolute atomic E-state index is 0.106. The number of halogens is 1. The van der Waals surface area contributed by atoms with E-state index in [0.29, 0.717) is 11.0 Å². The summed E-state index contributed by atoms with van der Waals surface area (Å²) in [5, 5.41) is 3.81. The Morgan fingerprint density at radius 1 is 1.10 bits per heavy atom. The van der Waals surface area contributed by atoms with Crippen LogP contribution in [0.3, 0.4) is 0 Å². The van der Waals surface area contributed by atoms with Crippen LogP contribution in [-0.4, -0.2) is 5.96 Å². The number of nitrogens with two attached hydrogens (primary N) is 1. The molecule has 0 aliphatic rings. The van der Waals surface area contributed by atoms with Crippen molar-refractivity contribution in [2.75, 3.05) is 5.32 Å². The molecule has 0 aromatic heterocycles. The van der Waals surface area contributed by atoms with Gasteiger partial charge in [0.25, 0.3) is 0 Å². The lowest BCUT2D eigenvalue weighted by molar-refractivity contribution is 0.804. The van der Waals surface area contributed by atoms with E-state index in [-0.39, 0.29) is 6.04 Å². The van der Waals surface area contributed by atoms with E-state index in [1.54, 1.807) is 0 Å². The molecule has 20 heavy (non-hydrogen) atoms. The van der Waals surface area contributed by atoms with E-state index in [4.69, 9.17) is 17.4 Å². The van der Waals surface area contributed by atoms with Crippen LogP contribution in [0.15, 0.2) is 59.6 Å². The third kappa shape index (κ3) is 3.73. The molecule has 0 aliphatic heterocycles. The van der Waals surface area contributed by atoms with Crippen LogP contribution in [0.1, 0.15) is 18.5 Å². The van der Waals surface area contributed by atoms with Crippen molar-refractivity contribution in [3.05, 3.63) is 65.2 Å². The Kier molecular flexibility index (Phi) is 4.98. The van der Waals surface area contributed by atoms with Gasteiger partial charge in [0.15, 0.2) is 0 Å². The van der Waals surface area contributed by atoms with E-state index in [2.05, 4.69) is 15.7 Å². The summed E-state index contributed by atoms with van der Waals surface area (Å²) < 4.78 is 0. The molecule has 2 aromatic rings. The molecule has 1 unspecified atom stereocenters. The number of hydrogen-bond donors (Lipinski definition) is 3. The summed E-state index contributed by atoms with van der Waals surface area (Å²) in [5.41, 5.74) is 4.43. The predicted octanol–water partition coefficient (Wildman–Crippen LogP) is 3.33. The van der Waals surface area contributed by atoms with Gasteiger partial charge in [-0.25, -0.2) is 10.8 Å². The second-order valence-electron chi connectivity index (χ2n) is 4.31. The smallest absolute Gasteiger partial charge is 0.210 e. The van der Waals surface area contributed by atoms with Gasteiger partial charge in [-0.1, -0.05) is 48.0 Å². The number of rotatable bonds is 3. The Bertz CT molecular complexity index is 583. The number of aliphatic imine (C=N–C) groups is 1. The zero-order valence-corrected chi connectivity index (χ0v) is 11.9. The van der Waals surface area contributed by atoms with Crippen LogP contribution in [0, 0.1) is 0 Å². The number of anilines is 1. The second-order valence-corrected chi connectivity index (χ2v) is 4.72. The normalized spacial score (nSPS) is 12.8. The van der Waals surface area contributed by atoms with E-state index in [0.717, 1.165) is 11.3 Å². The lowest BCUT2D eigenvalue weighted by atomic mass is 10.1. The van der Waals surface area contributed by atoms with Crippen molar-refractivity contribution in [3.63, 3.8) is 0 Å². The van der Waals surface area contributed by atoms with E-state index in [1.165, 1.54) is 0 Å². The summed E-state index contributed by atoms with van der Waals surface area (Å²) in [6, 6.07) is 17.2. The van der Waals surface area contributed by atoms with Crippen molar-refractivity contribution in [1.82, 2.24) is 5.43 Å². The van der Waals surface area contributed by atoms with Crippen molar-refractivity contribution in [3.8, 4) is 0 Å². The molecule has 4 nitrogen and oxygen atoms in total. The van der Waals surface area contributed by atoms with Crippen LogP contribution in [0.4, 0.5) is 5.69 Å². The Morgan fingerprint density at radius 3 is 2.40 bits per heavy atom. The van der Waals surface area contributed by atoms with Gasteiger partial charge in [-0.2, -0.15) is 0 Å². The summed E-state index contributed by atoms with van der Waals surface area (Å²) in [5.74, 6) is 6.00. The number of benzene rings is 2. The highest BCUT2D eigenvalue weighted by molar-refractivity contribution is 6.31. The molecule has 104 valence electrons. The zero-order valence-electron chi connectivity index (χ0n) is 11.2. The van der Waals surface area contributed by atoms with Gasteiger partial charge in [0, 0.05) is 10.7 Å². The minimum atomic E-state index is -0.106. The van der Waals surface area contributed by atoms with Crippen LogP contribution < -0.4 is 16.6 Å². The highest BCUT2D eigenvalue weighted by Gasteiger charge is 2.09. The maximum Gasteiger partial charge on any atom is 0.210 e. The third-order valence-corrected chi connectivity index (χ3v) is 3.20. The van der Waals surface area contributed by atoms with Gasteiger partial charge in [0.1, 0.15) is 0 Å². The van der Waals surface area contributed by atoms with Crippen molar-refractivity contribution < 1.29 is 0 Å². The van der Waals surface area contributed by atoms with Crippen LogP contribution in [0.5, 0.6) is 0 Å². The lowest BCUT2D eigenvalue weighted by Crippen LogP contribution is -2.36. The third-order valence-electron chi connectivity index (χ3n) is 2.85. The summed E-state index contributed by atoms with van der Waals surface area (Å²) in [6.07, 6.45) is 0. The molecule has 1 atom stereocenters. The number of hydrazine groups is 1. The van der Waals surface area contributed by atoms with Crippen LogP contribution in [-0.2, 0) is 0 Å². The Morgan fingerprint density at radius 2 is 1.75 bits per heavy atom. The lowest BCUT2D eigenvalue weighted by Gasteiger charge is -2.13. The molecular formula is C15H17ClN4. The SMILES string of the molecule is CC(N=C(NN)Nc1ccccc1)c1ccccc1Cl. The first kappa shape index (κ1) is 14.4. The zero-order chi connectivity index (χ0) is 14.4. The van der Waals surface area contributed by atoms with E-state index < -0.39 is 0 Å². The molecule has 0 saturated heterocycles. The Labute approximate surface area is 123 Å². The largest absolute Gasteiger partial charge is 0.325 e. The molecule has 0 saturated carbocycles. The summed E-state index contributed by atoms with van der Waals surface area (Å²) in [6.45, 7) is 1.96. The molecule has 4 N–H and O–H groups in total. The first-order valence-corrected chi connectivity index (χ1v) is 6.69. The number of para-hydroxylation sites is 1. The van der Waals surface area contributed by atoms with Gasteiger partial charge in [-0.3, -0.25) is 5.43 Å². The number of guanidine groups is 1. The maximum absolute atomic E-state index is 6.16. The number of hydrogen-bond acceptors (Lipinski definition) is 2. The average Bonchev–Trinajstić information content (AvgIpc) is 2.48. The molecule has 0 amide bonds. The molecule has 0 heterocycles. The Balaban J connectivity index is 2.16. The average molecular weight is 289 g/mol. The molecule has 0 fully saturated rings. The number of nitrogens with one attached hydrogen (secondary N) is 2. The van der Waals surface area contributed by atoms with Gasteiger partial charge < -0.3 is 5.32 Å². The van der Waals surface area contributed by atoms with Gasteiger partial charge in [-0.15, -0.1) is 0 Å². The van der Waals surface area contributed by atoms with Crippen molar-refractivity contribution in [2.45, 2.75) is 13.0 Å². The monoisotopic (exact) mass is 288 g/mol. The maximum atomic E-state index is 6.16. The van der Waals surface area contributed by atoms with Crippen molar-refractivity contribution >= 4 is 23.2 Å². The van der Waals surface area contributed by atoms with Gasteiger partial charge in [0.2, 0.25) is 5.96 Å². The summed E-state index contributed by atoms with van der Waals surface area (Å²) >= 11 is 6.16. The van der Waals surface area contributed by atoms with Gasteiger partial charge in [0.05, 0.1) is 6.04 Å². The van der Waals surface area contributed by atoms with Crippen LogP contribution in [0.2, 0.25) is 5.02 Å². The topological polar surface area (TPSA) is 62.4 Å². The van der Waals surface area contributed by atoms with E-state index in [9.17, 15) is 0 Å². The first-order valence-electron chi connectivity index (χ1n) is 6.31. The molecular weight excluding hydrogens is 272 g/mol. The fourth-order valence-corrected chi connectivity index (χ4v) is 2.13. The molecule has 2 rings (SSSR count).